The lowest BCUT2D eigenvalue weighted by Gasteiger charge is -2.35. The monoisotopic (exact) mass is 345 g/mol. The number of ether oxygens (including phenoxy) is 1. The first-order valence-electron chi connectivity index (χ1n) is 6.22. The van der Waals surface area contributed by atoms with Gasteiger partial charge in [-0.1, -0.05) is 19.3 Å². The van der Waals surface area contributed by atoms with Crippen LogP contribution in [0.1, 0.15) is 42.5 Å². The highest BCUT2D eigenvalue weighted by Crippen LogP contribution is 2.30. The quantitative estimate of drug-likeness (QED) is 0.856. The standard InChI is InChI=1S/C13H16BrNO3S/c1-18-12(17)13(5-3-2-4-6-13)15-11(16)9-7-10(14)19-8-9/h7-8H,2-6H2,1H3,(H,15,16). The number of hydrogen-bond donors (Lipinski definition) is 1. The van der Waals surface area contributed by atoms with Gasteiger partial charge in [0, 0.05) is 5.38 Å². The fraction of sp³-hybridized carbons (Fsp3) is 0.538. The molecule has 2 rings (SSSR count). The van der Waals surface area contributed by atoms with Gasteiger partial charge in [-0.25, -0.2) is 4.79 Å². The van der Waals surface area contributed by atoms with Crippen molar-refractivity contribution < 1.29 is 14.3 Å². The first-order valence-corrected chi connectivity index (χ1v) is 7.90. The summed E-state index contributed by atoms with van der Waals surface area (Å²) >= 11 is 4.78. The van der Waals surface area contributed by atoms with E-state index in [9.17, 15) is 9.59 Å². The van der Waals surface area contributed by atoms with Crippen LogP contribution in [-0.4, -0.2) is 24.5 Å². The molecule has 0 saturated heterocycles. The molecule has 6 heteroatoms. The number of hydrogen-bond acceptors (Lipinski definition) is 4. The van der Waals surface area contributed by atoms with E-state index in [1.807, 2.05) is 0 Å². The van der Waals surface area contributed by atoms with E-state index >= 15 is 0 Å². The van der Waals surface area contributed by atoms with Crippen molar-refractivity contribution in [3.63, 3.8) is 0 Å². The van der Waals surface area contributed by atoms with Gasteiger partial charge in [0.1, 0.15) is 5.54 Å². The fourth-order valence-corrected chi connectivity index (χ4v) is 3.59. The largest absolute Gasteiger partial charge is 0.467 e. The van der Waals surface area contributed by atoms with Crippen molar-refractivity contribution in [1.82, 2.24) is 5.32 Å². The summed E-state index contributed by atoms with van der Waals surface area (Å²) in [5.41, 5.74) is -0.274. The van der Waals surface area contributed by atoms with Crippen molar-refractivity contribution in [1.29, 1.82) is 0 Å². The molecule has 104 valence electrons. The molecule has 1 saturated carbocycles. The van der Waals surface area contributed by atoms with Crippen LogP contribution in [0.2, 0.25) is 0 Å². The maximum Gasteiger partial charge on any atom is 0.331 e. The number of amides is 1. The molecule has 0 atom stereocenters. The molecule has 0 aliphatic heterocycles. The smallest absolute Gasteiger partial charge is 0.331 e. The average Bonchev–Trinajstić information content (AvgIpc) is 2.85. The summed E-state index contributed by atoms with van der Waals surface area (Å²) in [5, 5.41) is 4.66. The molecule has 1 aromatic rings. The summed E-state index contributed by atoms with van der Waals surface area (Å²) in [5.74, 6) is -0.552. The highest BCUT2D eigenvalue weighted by molar-refractivity contribution is 9.11. The third kappa shape index (κ3) is 3.17. The average molecular weight is 346 g/mol. The Morgan fingerprint density at radius 3 is 2.58 bits per heavy atom. The van der Waals surface area contributed by atoms with Crippen molar-refractivity contribution in [3.8, 4) is 0 Å². The Morgan fingerprint density at radius 1 is 1.37 bits per heavy atom. The number of rotatable bonds is 3. The molecule has 1 N–H and O–H groups in total. The molecule has 0 unspecified atom stereocenters. The van der Waals surface area contributed by atoms with Gasteiger partial charge >= 0.3 is 5.97 Å². The molecule has 0 spiro atoms. The van der Waals surface area contributed by atoms with E-state index in [2.05, 4.69) is 21.2 Å². The molecule has 1 aliphatic rings. The van der Waals surface area contributed by atoms with Gasteiger partial charge in [0.25, 0.3) is 5.91 Å². The van der Waals surface area contributed by atoms with Crippen LogP contribution < -0.4 is 5.32 Å². The summed E-state index contributed by atoms with van der Waals surface area (Å²) in [4.78, 5) is 24.2. The molecule has 0 bridgehead atoms. The van der Waals surface area contributed by atoms with Crippen LogP contribution >= 0.6 is 27.3 Å². The minimum atomic E-state index is -0.849. The van der Waals surface area contributed by atoms with Gasteiger partial charge in [-0.2, -0.15) is 0 Å². The molecule has 1 fully saturated rings. The Hall–Kier alpha value is -0.880. The first kappa shape index (κ1) is 14.5. The summed E-state index contributed by atoms with van der Waals surface area (Å²) in [6, 6.07) is 1.76. The normalized spacial score (nSPS) is 17.8. The number of nitrogens with one attached hydrogen (secondary N) is 1. The molecule has 1 aliphatic carbocycles. The SMILES string of the molecule is COC(=O)C1(NC(=O)c2csc(Br)c2)CCCCC1. The number of thiophene rings is 1. The van der Waals surface area contributed by atoms with E-state index in [4.69, 9.17) is 4.74 Å². The van der Waals surface area contributed by atoms with Crippen molar-refractivity contribution in [2.24, 2.45) is 0 Å². The van der Waals surface area contributed by atoms with Gasteiger partial charge in [-0.3, -0.25) is 4.79 Å². The predicted molar refractivity (Wildman–Crippen MR) is 77.3 cm³/mol. The highest BCUT2D eigenvalue weighted by atomic mass is 79.9. The van der Waals surface area contributed by atoms with E-state index < -0.39 is 5.54 Å². The number of esters is 1. The molecule has 4 nitrogen and oxygen atoms in total. The molecule has 1 aromatic heterocycles. The molecule has 0 radical (unpaired) electrons. The third-order valence-corrected chi connectivity index (χ3v) is 4.97. The Bertz CT molecular complexity index is 480. The van der Waals surface area contributed by atoms with Crippen LogP contribution in [0.25, 0.3) is 0 Å². The molecular weight excluding hydrogens is 330 g/mol. The van der Waals surface area contributed by atoms with Crippen LogP contribution in [0.3, 0.4) is 0 Å². The number of carbonyl (C=O) groups is 2. The van der Waals surface area contributed by atoms with E-state index in [1.54, 1.807) is 11.4 Å². The van der Waals surface area contributed by atoms with Crippen molar-refractivity contribution in [2.45, 2.75) is 37.6 Å². The Kier molecular flexibility index (Phi) is 4.62. The Labute approximate surface area is 124 Å². The lowest BCUT2D eigenvalue weighted by molar-refractivity contribution is -0.149. The second kappa shape index (κ2) is 6.05. The lowest BCUT2D eigenvalue weighted by Crippen LogP contribution is -2.56. The zero-order chi connectivity index (χ0) is 13.9. The van der Waals surface area contributed by atoms with E-state index in [1.165, 1.54) is 18.4 Å². The van der Waals surface area contributed by atoms with Gasteiger partial charge in [0.2, 0.25) is 0 Å². The number of methoxy groups -OCH3 is 1. The zero-order valence-electron chi connectivity index (χ0n) is 10.7. The summed E-state index contributed by atoms with van der Waals surface area (Å²) in [6.45, 7) is 0. The Morgan fingerprint density at radius 2 is 2.05 bits per heavy atom. The van der Waals surface area contributed by atoms with Crippen molar-refractivity contribution in [2.75, 3.05) is 7.11 Å². The zero-order valence-corrected chi connectivity index (χ0v) is 13.1. The summed E-state index contributed by atoms with van der Waals surface area (Å²) < 4.78 is 5.77. The number of halogens is 1. The topological polar surface area (TPSA) is 55.4 Å². The first-order chi connectivity index (χ1) is 9.07. The second-order valence-corrected chi connectivity index (χ2v) is 7.02. The minimum Gasteiger partial charge on any atom is -0.467 e. The van der Waals surface area contributed by atoms with Crippen LogP contribution in [0.4, 0.5) is 0 Å². The van der Waals surface area contributed by atoms with Gasteiger partial charge in [0.15, 0.2) is 0 Å². The molecule has 19 heavy (non-hydrogen) atoms. The summed E-state index contributed by atoms with van der Waals surface area (Å²) in [6.07, 6.45) is 4.26. The molecule has 0 aromatic carbocycles. The van der Waals surface area contributed by atoms with E-state index in [0.29, 0.717) is 18.4 Å². The number of carbonyl (C=O) groups excluding carboxylic acids is 2. The highest BCUT2D eigenvalue weighted by Gasteiger charge is 2.42. The lowest BCUT2D eigenvalue weighted by atomic mass is 9.81. The van der Waals surface area contributed by atoms with Gasteiger partial charge in [0.05, 0.1) is 16.5 Å². The van der Waals surface area contributed by atoms with Crippen LogP contribution in [0.5, 0.6) is 0 Å². The maximum absolute atomic E-state index is 12.2. The summed E-state index contributed by atoms with van der Waals surface area (Å²) in [7, 11) is 1.37. The van der Waals surface area contributed by atoms with E-state index in [-0.39, 0.29) is 11.9 Å². The minimum absolute atomic E-state index is 0.214. The van der Waals surface area contributed by atoms with Crippen molar-refractivity contribution in [3.05, 3.63) is 20.8 Å². The third-order valence-electron chi connectivity index (χ3n) is 3.47. The van der Waals surface area contributed by atoms with Crippen LogP contribution in [0, 0.1) is 0 Å². The van der Waals surface area contributed by atoms with Gasteiger partial charge in [-0.15, -0.1) is 11.3 Å². The van der Waals surface area contributed by atoms with Crippen molar-refractivity contribution >= 4 is 39.1 Å². The molecular formula is C13H16BrNO3S. The van der Waals surface area contributed by atoms with Crippen LogP contribution in [-0.2, 0) is 9.53 Å². The van der Waals surface area contributed by atoms with E-state index in [0.717, 1.165) is 23.0 Å². The Balaban J connectivity index is 2.16. The van der Waals surface area contributed by atoms with Crippen LogP contribution in [0.15, 0.2) is 15.2 Å². The second-order valence-electron chi connectivity index (χ2n) is 4.73. The molecule has 1 heterocycles. The fourth-order valence-electron chi connectivity index (χ4n) is 2.45. The maximum atomic E-state index is 12.2. The van der Waals surface area contributed by atoms with Gasteiger partial charge < -0.3 is 10.1 Å². The predicted octanol–water partition coefficient (Wildman–Crippen LogP) is 3.12. The van der Waals surface area contributed by atoms with Gasteiger partial charge in [-0.05, 0) is 34.8 Å². The molecule has 1 amide bonds.